The van der Waals surface area contributed by atoms with Gasteiger partial charge in [-0.3, -0.25) is 10.1 Å². The van der Waals surface area contributed by atoms with Crippen LogP contribution in [0.15, 0.2) is 65.3 Å². The number of hydrogen-bond donors (Lipinski definition) is 0. The van der Waals surface area contributed by atoms with Gasteiger partial charge in [0, 0.05) is 20.8 Å². The zero-order chi connectivity index (χ0) is 25.8. The van der Waals surface area contributed by atoms with E-state index in [0.717, 1.165) is 12.7 Å². The highest BCUT2D eigenvalue weighted by Crippen LogP contribution is 2.36. The fourth-order valence-corrected chi connectivity index (χ4v) is 4.83. The summed E-state index contributed by atoms with van der Waals surface area (Å²) in [5.74, 6) is 0.426. The predicted octanol–water partition coefficient (Wildman–Crippen LogP) is 6.78. The Morgan fingerprint density at radius 2 is 1.89 bits per heavy atom. The van der Waals surface area contributed by atoms with Gasteiger partial charge in [-0.15, -0.1) is 0 Å². The van der Waals surface area contributed by atoms with E-state index in [4.69, 9.17) is 25.8 Å². The maximum absolute atomic E-state index is 12.5. The number of carbonyl (C=O) groups excluding carboxylic acids is 1. The van der Waals surface area contributed by atoms with Crippen molar-refractivity contribution in [3.63, 3.8) is 0 Å². The summed E-state index contributed by atoms with van der Waals surface area (Å²) in [5.41, 5.74) is 1.73. The van der Waals surface area contributed by atoms with Gasteiger partial charge in [-0.2, -0.15) is 0 Å². The molecule has 11 heteroatoms. The molecule has 0 fully saturated rings. The SMILES string of the molecule is CCOc1cc(/C=C2\N=C(c3ccc(Cl)c([N+](=O)[O-])c3)OC2=O)cc(I)c1OCc1ccccc1I. The van der Waals surface area contributed by atoms with E-state index in [0.29, 0.717) is 30.3 Å². The van der Waals surface area contributed by atoms with Crippen LogP contribution >= 0.6 is 56.8 Å². The van der Waals surface area contributed by atoms with Gasteiger partial charge in [-0.05, 0) is 94.1 Å². The number of hydrogen-bond acceptors (Lipinski definition) is 7. The topological polar surface area (TPSA) is 100 Å². The predicted molar refractivity (Wildman–Crippen MR) is 153 cm³/mol. The van der Waals surface area contributed by atoms with Crippen LogP contribution in [0.25, 0.3) is 6.08 Å². The van der Waals surface area contributed by atoms with Crippen molar-refractivity contribution in [3.05, 3.63) is 99.3 Å². The summed E-state index contributed by atoms with van der Waals surface area (Å²) in [6, 6.07) is 15.6. The van der Waals surface area contributed by atoms with E-state index in [-0.39, 0.29) is 27.9 Å². The van der Waals surface area contributed by atoms with Gasteiger partial charge in [0.15, 0.2) is 17.2 Å². The standard InChI is InChI=1S/C25H17ClI2N2O6/c1-2-34-22-11-14(9-19(28)23(22)35-13-16-5-3-4-6-18(16)27)10-20-25(31)36-24(29-20)15-7-8-17(26)21(12-15)30(32)33/h3-12H,2,13H2,1H3/b20-10-. The highest BCUT2D eigenvalue weighted by atomic mass is 127. The number of aliphatic imine (C=N–C) groups is 1. The zero-order valence-corrected chi connectivity index (χ0v) is 23.7. The van der Waals surface area contributed by atoms with Crippen LogP contribution in [0.3, 0.4) is 0 Å². The first kappa shape index (κ1) is 26.4. The first-order valence-electron chi connectivity index (χ1n) is 10.6. The fraction of sp³-hybridized carbons (Fsp3) is 0.120. The molecule has 4 rings (SSSR count). The number of cyclic esters (lactones) is 1. The van der Waals surface area contributed by atoms with Gasteiger partial charge in [-0.1, -0.05) is 29.8 Å². The summed E-state index contributed by atoms with van der Waals surface area (Å²) >= 11 is 10.3. The average Bonchev–Trinajstić information content (AvgIpc) is 3.20. The second-order valence-electron chi connectivity index (χ2n) is 7.40. The number of nitro groups is 1. The van der Waals surface area contributed by atoms with Gasteiger partial charge in [-0.25, -0.2) is 9.79 Å². The minimum atomic E-state index is -0.672. The number of ether oxygens (including phenoxy) is 3. The van der Waals surface area contributed by atoms with Crippen molar-refractivity contribution in [2.24, 2.45) is 4.99 Å². The van der Waals surface area contributed by atoms with Crippen LogP contribution in [-0.4, -0.2) is 23.4 Å². The number of halogens is 3. The zero-order valence-electron chi connectivity index (χ0n) is 18.7. The third kappa shape index (κ3) is 5.98. The molecule has 0 aromatic heterocycles. The lowest BCUT2D eigenvalue weighted by Gasteiger charge is -2.15. The summed E-state index contributed by atoms with van der Waals surface area (Å²) in [6.07, 6.45) is 1.56. The van der Waals surface area contributed by atoms with Crippen molar-refractivity contribution in [1.29, 1.82) is 0 Å². The van der Waals surface area contributed by atoms with E-state index in [2.05, 4.69) is 50.2 Å². The maximum Gasteiger partial charge on any atom is 0.363 e. The molecule has 0 aliphatic carbocycles. The first-order valence-corrected chi connectivity index (χ1v) is 13.1. The molecular formula is C25H17ClI2N2O6. The molecule has 0 saturated heterocycles. The molecule has 36 heavy (non-hydrogen) atoms. The summed E-state index contributed by atoms with van der Waals surface area (Å²) in [5, 5.41) is 11.2. The van der Waals surface area contributed by atoms with E-state index in [9.17, 15) is 14.9 Å². The van der Waals surface area contributed by atoms with E-state index in [1.54, 1.807) is 12.1 Å². The van der Waals surface area contributed by atoms with Crippen LogP contribution < -0.4 is 9.47 Å². The second-order valence-corrected chi connectivity index (χ2v) is 10.1. The summed E-state index contributed by atoms with van der Waals surface area (Å²) in [6.45, 7) is 2.68. The molecule has 0 bridgehead atoms. The van der Waals surface area contributed by atoms with Gasteiger partial charge in [0.05, 0.1) is 15.1 Å². The van der Waals surface area contributed by atoms with Crippen LogP contribution in [0.4, 0.5) is 5.69 Å². The Balaban J connectivity index is 1.63. The number of rotatable bonds is 8. The maximum atomic E-state index is 12.5. The molecule has 1 aliphatic rings. The van der Waals surface area contributed by atoms with Crippen LogP contribution in [0, 0.1) is 17.3 Å². The lowest BCUT2D eigenvalue weighted by molar-refractivity contribution is -0.384. The minimum absolute atomic E-state index is 0.0215. The minimum Gasteiger partial charge on any atom is -0.490 e. The molecule has 184 valence electrons. The van der Waals surface area contributed by atoms with Crippen molar-refractivity contribution in [2.75, 3.05) is 6.61 Å². The van der Waals surface area contributed by atoms with E-state index in [1.807, 2.05) is 37.3 Å². The van der Waals surface area contributed by atoms with Gasteiger partial charge in [0.2, 0.25) is 5.90 Å². The largest absolute Gasteiger partial charge is 0.490 e. The Bertz CT molecular complexity index is 1420. The molecule has 3 aromatic carbocycles. The smallest absolute Gasteiger partial charge is 0.363 e. The number of benzene rings is 3. The third-order valence-electron chi connectivity index (χ3n) is 4.98. The first-order chi connectivity index (χ1) is 17.3. The van der Waals surface area contributed by atoms with Gasteiger partial charge in [0.25, 0.3) is 5.69 Å². The average molecular weight is 731 g/mol. The molecular weight excluding hydrogens is 714 g/mol. The molecule has 0 amide bonds. The number of nitrogens with zero attached hydrogens (tertiary/aromatic N) is 2. The Morgan fingerprint density at radius 1 is 1.11 bits per heavy atom. The summed E-state index contributed by atoms with van der Waals surface area (Å²) in [4.78, 5) is 27.3. The lowest BCUT2D eigenvalue weighted by atomic mass is 10.1. The quantitative estimate of drug-likeness (QED) is 0.0834. The molecule has 0 spiro atoms. The molecule has 8 nitrogen and oxygen atoms in total. The van der Waals surface area contributed by atoms with E-state index in [1.165, 1.54) is 18.2 Å². The van der Waals surface area contributed by atoms with Crippen molar-refractivity contribution in [1.82, 2.24) is 0 Å². The monoisotopic (exact) mass is 730 g/mol. The normalized spacial score (nSPS) is 13.9. The molecule has 0 N–H and O–H groups in total. The molecule has 0 saturated carbocycles. The Hall–Kier alpha value is -2.71. The number of carbonyl (C=O) groups is 1. The molecule has 3 aromatic rings. The van der Waals surface area contributed by atoms with Crippen LogP contribution in [0.1, 0.15) is 23.6 Å². The third-order valence-corrected chi connectivity index (χ3v) is 7.15. The second kappa shape index (κ2) is 11.6. The van der Waals surface area contributed by atoms with Crippen molar-refractivity contribution >= 4 is 80.4 Å². The summed E-state index contributed by atoms with van der Waals surface area (Å²) in [7, 11) is 0. The Labute approximate surface area is 238 Å². The van der Waals surface area contributed by atoms with Crippen molar-refractivity contribution in [3.8, 4) is 11.5 Å². The molecule has 1 aliphatic heterocycles. The highest BCUT2D eigenvalue weighted by Gasteiger charge is 2.26. The van der Waals surface area contributed by atoms with Gasteiger partial charge in [0.1, 0.15) is 11.6 Å². The summed E-state index contributed by atoms with van der Waals surface area (Å²) < 4.78 is 19.1. The fourth-order valence-electron chi connectivity index (χ4n) is 3.32. The Morgan fingerprint density at radius 3 is 2.61 bits per heavy atom. The number of nitro benzene ring substituents is 1. The molecule has 0 atom stereocenters. The van der Waals surface area contributed by atoms with Crippen LogP contribution in [0.5, 0.6) is 11.5 Å². The van der Waals surface area contributed by atoms with Crippen molar-refractivity contribution in [2.45, 2.75) is 13.5 Å². The van der Waals surface area contributed by atoms with E-state index >= 15 is 0 Å². The molecule has 0 radical (unpaired) electrons. The highest BCUT2D eigenvalue weighted by molar-refractivity contribution is 14.1. The number of esters is 1. The molecule has 1 heterocycles. The van der Waals surface area contributed by atoms with Gasteiger partial charge >= 0.3 is 5.97 Å². The van der Waals surface area contributed by atoms with Crippen LogP contribution in [0.2, 0.25) is 5.02 Å². The van der Waals surface area contributed by atoms with Gasteiger partial charge < -0.3 is 14.2 Å². The Kier molecular flexibility index (Phi) is 8.46. The van der Waals surface area contributed by atoms with Crippen LogP contribution in [-0.2, 0) is 16.1 Å². The lowest BCUT2D eigenvalue weighted by Crippen LogP contribution is -2.06. The van der Waals surface area contributed by atoms with Crippen molar-refractivity contribution < 1.29 is 23.9 Å². The molecule has 0 unspecified atom stereocenters. The van der Waals surface area contributed by atoms with E-state index < -0.39 is 10.9 Å².